The molecule has 0 radical (unpaired) electrons. The lowest BCUT2D eigenvalue weighted by atomic mass is 9.59. The van der Waals surface area contributed by atoms with E-state index in [1.54, 1.807) is 0 Å². The van der Waals surface area contributed by atoms with Crippen LogP contribution in [0.4, 0.5) is 0 Å². The fraction of sp³-hybridized carbons (Fsp3) is 1.00. The van der Waals surface area contributed by atoms with Crippen LogP contribution in [0.1, 0.15) is 134 Å². The minimum atomic E-state index is 0.531. The first-order valence-electron chi connectivity index (χ1n) is 14.4. The average molecular weight is 445 g/mol. The van der Waals surface area contributed by atoms with Crippen LogP contribution in [0, 0.1) is 69.0 Å². The molecule has 4 bridgehead atoms. The van der Waals surface area contributed by atoms with Crippen molar-refractivity contribution in [2.45, 2.75) is 134 Å². The number of fused-ring (bicyclic) bond motifs is 4. The lowest BCUT2D eigenvalue weighted by Gasteiger charge is -2.46. The first kappa shape index (κ1) is 26.6. The highest BCUT2D eigenvalue weighted by Gasteiger charge is 2.50. The molecule has 4 unspecified atom stereocenters. The summed E-state index contributed by atoms with van der Waals surface area (Å²) in [5.41, 5.74) is 2.14. The Bertz CT molecular complexity index is 528. The van der Waals surface area contributed by atoms with Crippen molar-refractivity contribution in [1.82, 2.24) is 0 Å². The quantitative estimate of drug-likeness (QED) is 0.348. The molecule has 4 aliphatic rings. The zero-order valence-corrected chi connectivity index (χ0v) is 24.3. The largest absolute Gasteiger partial charge is 0.0599 e. The number of hydrogen-bond acceptors (Lipinski definition) is 0. The van der Waals surface area contributed by atoms with E-state index in [2.05, 4.69) is 83.1 Å². The van der Waals surface area contributed by atoms with Crippen molar-refractivity contribution in [2.75, 3.05) is 0 Å². The van der Waals surface area contributed by atoms with Crippen molar-refractivity contribution in [3.8, 4) is 0 Å². The molecule has 0 aromatic heterocycles. The molecule has 0 nitrogen and oxygen atoms in total. The maximum absolute atomic E-state index is 2.46. The molecule has 32 heavy (non-hydrogen) atoms. The van der Waals surface area contributed by atoms with Crippen LogP contribution >= 0.6 is 0 Å². The Labute approximate surface area is 203 Å². The minimum Gasteiger partial charge on any atom is -0.0599 e. The normalized spacial score (nSPS) is 40.1. The van der Waals surface area contributed by atoms with Crippen molar-refractivity contribution < 1.29 is 0 Å². The van der Waals surface area contributed by atoms with Crippen LogP contribution in [0.2, 0.25) is 0 Å². The van der Waals surface area contributed by atoms with Gasteiger partial charge in [0.25, 0.3) is 0 Å². The lowest BCUT2D eigenvalue weighted by molar-refractivity contribution is 0.0308. The second-order valence-electron chi connectivity index (χ2n) is 17.0. The molecular weight excluding hydrogens is 384 g/mol. The van der Waals surface area contributed by atoms with E-state index in [9.17, 15) is 0 Å². The van der Waals surface area contributed by atoms with E-state index >= 15 is 0 Å². The molecule has 4 aliphatic carbocycles. The third kappa shape index (κ3) is 5.79. The predicted molar refractivity (Wildman–Crippen MR) is 143 cm³/mol. The van der Waals surface area contributed by atoms with Gasteiger partial charge in [0.05, 0.1) is 0 Å². The van der Waals surface area contributed by atoms with Crippen molar-refractivity contribution in [3.63, 3.8) is 0 Å². The highest BCUT2D eigenvalue weighted by molar-refractivity contribution is 5.00. The van der Waals surface area contributed by atoms with Gasteiger partial charge < -0.3 is 0 Å². The smallest absolute Gasteiger partial charge is 0.0308 e. The van der Waals surface area contributed by atoms with Crippen LogP contribution in [-0.4, -0.2) is 0 Å². The summed E-state index contributed by atoms with van der Waals surface area (Å²) in [6, 6.07) is 0. The van der Waals surface area contributed by atoms with E-state index in [4.69, 9.17) is 0 Å². The summed E-state index contributed by atoms with van der Waals surface area (Å²) in [5, 5.41) is 0. The third-order valence-corrected chi connectivity index (χ3v) is 10.6. The zero-order chi connectivity index (χ0) is 24.3. The molecule has 0 aromatic rings. The second-order valence-corrected chi connectivity index (χ2v) is 17.0. The van der Waals surface area contributed by atoms with Crippen LogP contribution in [-0.2, 0) is 0 Å². The van der Waals surface area contributed by atoms with Crippen LogP contribution < -0.4 is 0 Å². The summed E-state index contributed by atoms with van der Waals surface area (Å²) in [6.45, 7) is 29.4. The predicted octanol–water partition coefficient (Wildman–Crippen LogP) is 10.3. The number of rotatable bonds is 0. The maximum Gasteiger partial charge on any atom is -0.0308 e. The first-order valence-corrected chi connectivity index (χ1v) is 14.4. The Morgan fingerprint density at radius 1 is 0.344 bits per heavy atom. The van der Waals surface area contributed by atoms with E-state index in [0.29, 0.717) is 21.7 Å². The Morgan fingerprint density at radius 2 is 0.562 bits per heavy atom. The van der Waals surface area contributed by atoms with Gasteiger partial charge in [0.15, 0.2) is 0 Å². The maximum atomic E-state index is 2.46. The van der Waals surface area contributed by atoms with Gasteiger partial charge >= 0.3 is 0 Å². The van der Waals surface area contributed by atoms with Gasteiger partial charge in [0.1, 0.15) is 0 Å². The molecule has 0 N–H and O–H groups in total. The lowest BCUT2D eigenvalue weighted by Crippen LogP contribution is -2.38. The molecule has 0 aliphatic heterocycles. The van der Waals surface area contributed by atoms with Gasteiger partial charge in [-0.3, -0.25) is 0 Å². The highest BCUT2D eigenvalue weighted by atomic mass is 14.6. The Morgan fingerprint density at radius 3 is 0.719 bits per heavy atom. The van der Waals surface area contributed by atoms with E-state index in [0.717, 1.165) is 47.3 Å². The second kappa shape index (κ2) is 8.90. The van der Waals surface area contributed by atoms with Crippen LogP contribution in [0.3, 0.4) is 0 Å². The Hall–Kier alpha value is 0. The molecule has 0 spiro atoms. The van der Waals surface area contributed by atoms with E-state index in [1.165, 1.54) is 51.4 Å². The molecule has 0 heteroatoms. The molecule has 0 heterocycles. The van der Waals surface area contributed by atoms with Gasteiger partial charge in [-0.1, -0.05) is 83.1 Å². The molecule has 0 aromatic carbocycles. The number of hydrogen-bond donors (Lipinski definition) is 0. The van der Waals surface area contributed by atoms with Gasteiger partial charge in [0, 0.05) is 0 Å². The summed E-state index contributed by atoms with van der Waals surface area (Å²) in [7, 11) is 0. The van der Waals surface area contributed by atoms with Gasteiger partial charge in [0.2, 0.25) is 0 Å². The van der Waals surface area contributed by atoms with E-state index in [-0.39, 0.29) is 0 Å². The van der Waals surface area contributed by atoms with E-state index < -0.39 is 0 Å². The molecule has 4 saturated carbocycles. The SMILES string of the molecule is CC(C)(C)C1CC2CCC(C1)C2C(C)(C)C.CC(C)(C)C1CC2CCC(C1)C2C(C)(C)C. The van der Waals surface area contributed by atoms with Crippen molar-refractivity contribution in [2.24, 2.45) is 69.0 Å². The van der Waals surface area contributed by atoms with Gasteiger partial charge in [-0.05, 0) is 120 Å². The summed E-state index contributed by atoms with van der Waals surface area (Å²) in [5.74, 6) is 8.08. The van der Waals surface area contributed by atoms with Crippen molar-refractivity contribution in [1.29, 1.82) is 0 Å². The van der Waals surface area contributed by atoms with Crippen LogP contribution in [0.25, 0.3) is 0 Å². The molecule has 188 valence electrons. The topological polar surface area (TPSA) is 0 Å². The summed E-state index contributed by atoms with van der Waals surface area (Å²) < 4.78 is 0. The first-order chi connectivity index (χ1) is 14.4. The molecular formula is C32H60. The third-order valence-electron chi connectivity index (χ3n) is 10.6. The van der Waals surface area contributed by atoms with Gasteiger partial charge in [-0.15, -0.1) is 0 Å². The van der Waals surface area contributed by atoms with Gasteiger partial charge in [-0.2, -0.15) is 0 Å². The monoisotopic (exact) mass is 444 g/mol. The average Bonchev–Trinajstić information content (AvgIpc) is 3.04. The highest BCUT2D eigenvalue weighted by Crippen LogP contribution is 2.59. The van der Waals surface area contributed by atoms with Crippen LogP contribution in [0.5, 0.6) is 0 Å². The molecule has 0 saturated heterocycles. The minimum absolute atomic E-state index is 0.531. The Balaban J connectivity index is 0.000000181. The fourth-order valence-corrected chi connectivity index (χ4v) is 9.30. The molecule has 0 amide bonds. The van der Waals surface area contributed by atoms with Crippen molar-refractivity contribution >= 4 is 0 Å². The fourth-order valence-electron chi connectivity index (χ4n) is 9.30. The summed E-state index contributed by atoms with van der Waals surface area (Å²) >= 11 is 0. The van der Waals surface area contributed by atoms with Gasteiger partial charge in [-0.25, -0.2) is 0 Å². The molecule has 4 atom stereocenters. The zero-order valence-electron chi connectivity index (χ0n) is 24.3. The summed E-state index contributed by atoms with van der Waals surface area (Å²) in [4.78, 5) is 0. The molecule has 4 fully saturated rings. The van der Waals surface area contributed by atoms with Crippen molar-refractivity contribution in [3.05, 3.63) is 0 Å². The Kier molecular flexibility index (Phi) is 7.40. The molecule has 4 rings (SSSR count). The van der Waals surface area contributed by atoms with Crippen LogP contribution in [0.15, 0.2) is 0 Å². The standard InChI is InChI=1S/2C16H30/c2*1-15(2,3)13-9-11-7-8-12(10-13)14(11)16(4,5)6/h2*11-14H,7-10H2,1-6H3. The summed E-state index contributed by atoms with van der Waals surface area (Å²) in [6.07, 6.45) is 12.1. The van der Waals surface area contributed by atoms with E-state index in [1.807, 2.05) is 0 Å².